The van der Waals surface area contributed by atoms with Gasteiger partial charge in [-0.05, 0) is 12.8 Å². The van der Waals surface area contributed by atoms with E-state index in [9.17, 15) is 0 Å². The molecule has 1 aliphatic heterocycles. The number of hydrogen-bond donors (Lipinski definition) is 0. The van der Waals surface area contributed by atoms with Gasteiger partial charge >= 0.3 is 0 Å². The van der Waals surface area contributed by atoms with Crippen molar-refractivity contribution in [2.45, 2.75) is 37.9 Å². The molecule has 0 aromatic carbocycles. The van der Waals surface area contributed by atoms with Crippen LogP contribution in [0.15, 0.2) is 13.2 Å². The van der Waals surface area contributed by atoms with Crippen molar-refractivity contribution in [2.75, 3.05) is 13.2 Å². The number of hydrogen-bond acceptors (Lipinski definition) is 2. The van der Waals surface area contributed by atoms with Crippen molar-refractivity contribution in [1.29, 1.82) is 0 Å². The number of rotatable bonds is 3. The van der Waals surface area contributed by atoms with Crippen LogP contribution in [0.25, 0.3) is 0 Å². The molecule has 0 aromatic rings. The van der Waals surface area contributed by atoms with Crippen LogP contribution >= 0.6 is 0 Å². The molecule has 1 saturated carbocycles. The van der Waals surface area contributed by atoms with E-state index in [0.717, 1.165) is 13.2 Å². The molecule has 2 aliphatic rings. The molecule has 70 valence electrons. The molecule has 2 heteroatoms. The molecule has 2 rings (SSSR count). The Morgan fingerprint density at radius 3 is 2.33 bits per heavy atom. The largest absolute Gasteiger partial charge is 0.375 e. The Hall–Kier alpha value is -0.340. The third-order valence-electron chi connectivity index (χ3n) is 2.22. The van der Waals surface area contributed by atoms with Crippen LogP contribution in [0.2, 0.25) is 0 Å². The standard InChI is InChI=1S/C8H14O2.C2H4/c1-2-4-7(3-1)9-5-8-6-10-8;1-2/h7-8H,1-6H2;1-2H2. The summed E-state index contributed by atoms with van der Waals surface area (Å²) in [6, 6.07) is 0. The highest BCUT2D eigenvalue weighted by atomic mass is 16.6. The van der Waals surface area contributed by atoms with Gasteiger partial charge < -0.3 is 9.47 Å². The van der Waals surface area contributed by atoms with Gasteiger partial charge in [-0.25, -0.2) is 0 Å². The maximum atomic E-state index is 5.60. The maximum Gasteiger partial charge on any atom is 0.104 e. The maximum absolute atomic E-state index is 5.60. The second-order valence-corrected chi connectivity index (χ2v) is 3.20. The molecule has 1 unspecified atom stereocenters. The quantitative estimate of drug-likeness (QED) is 0.478. The van der Waals surface area contributed by atoms with Crippen molar-refractivity contribution in [1.82, 2.24) is 0 Å². The molecule has 1 aliphatic carbocycles. The summed E-state index contributed by atoms with van der Waals surface area (Å²) in [5.74, 6) is 0. The summed E-state index contributed by atoms with van der Waals surface area (Å²) >= 11 is 0. The van der Waals surface area contributed by atoms with Gasteiger partial charge in [0, 0.05) is 0 Å². The molecule has 0 radical (unpaired) electrons. The lowest BCUT2D eigenvalue weighted by atomic mass is 10.3. The van der Waals surface area contributed by atoms with Crippen molar-refractivity contribution in [2.24, 2.45) is 0 Å². The predicted molar refractivity (Wildman–Crippen MR) is 49.2 cm³/mol. The Morgan fingerprint density at radius 2 is 1.83 bits per heavy atom. The lowest BCUT2D eigenvalue weighted by Crippen LogP contribution is -2.11. The average molecular weight is 170 g/mol. The molecule has 0 amide bonds. The fourth-order valence-electron chi connectivity index (χ4n) is 1.46. The molecule has 1 atom stereocenters. The molecule has 2 fully saturated rings. The van der Waals surface area contributed by atoms with Gasteiger partial charge in [-0.2, -0.15) is 0 Å². The summed E-state index contributed by atoms with van der Waals surface area (Å²) in [6.07, 6.45) is 6.26. The Morgan fingerprint density at radius 1 is 1.25 bits per heavy atom. The summed E-state index contributed by atoms with van der Waals surface area (Å²) in [7, 11) is 0. The Kier molecular flexibility index (Phi) is 4.33. The lowest BCUT2D eigenvalue weighted by Gasteiger charge is -2.08. The Balaban J connectivity index is 0.000000336. The molecular formula is C10H18O2. The monoisotopic (exact) mass is 170 g/mol. The van der Waals surface area contributed by atoms with Crippen LogP contribution in [0.3, 0.4) is 0 Å². The van der Waals surface area contributed by atoms with Crippen LogP contribution in [0.1, 0.15) is 25.7 Å². The first kappa shape index (κ1) is 9.75. The van der Waals surface area contributed by atoms with Crippen molar-refractivity contribution >= 4 is 0 Å². The minimum atomic E-state index is 0.445. The molecule has 1 saturated heterocycles. The van der Waals surface area contributed by atoms with E-state index in [1.165, 1.54) is 25.7 Å². The smallest absolute Gasteiger partial charge is 0.104 e. The predicted octanol–water partition coefficient (Wildman–Crippen LogP) is 2.15. The second-order valence-electron chi connectivity index (χ2n) is 3.20. The topological polar surface area (TPSA) is 21.8 Å². The summed E-state index contributed by atoms with van der Waals surface area (Å²) < 4.78 is 10.6. The van der Waals surface area contributed by atoms with E-state index in [4.69, 9.17) is 9.47 Å². The van der Waals surface area contributed by atoms with Gasteiger partial charge in [-0.15, -0.1) is 13.2 Å². The van der Waals surface area contributed by atoms with Crippen molar-refractivity contribution < 1.29 is 9.47 Å². The fourth-order valence-corrected chi connectivity index (χ4v) is 1.46. The van der Waals surface area contributed by atoms with Crippen LogP contribution in [0, 0.1) is 0 Å². The van der Waals surface area contributed by atoms with Gasteiger partial charge in [-0.3, -0.25) is 0 Å². The molecule has 12 heavy (non-hydrogen) atoms. The molecular weight excluding hydrogens is 152 g/mol. The highest BCUT2D eigenvalue weighted by Crippen LogP contribution is 2.22. The first-order valence-corrected chi connectivity index (χ1v) is 4.68. The zero-order chi connectivity index (χ0) is 8.81. The first-order chi connectivity index (χ1) is 5.95. The normalized spacial score (nSPS) is 27.8. The van der Waals surface area contributed by atoms with Gasteiger partial charge in [-0.1, -0.05) is 12.8 Å². The van der Waals surface area contributed by atoms with Crippen LogP contribution in [-0.2, 0) is 9.47 Å². The van der Waals surface area contributed by atoms with E-state index in [0.29, 0.717) is 12.2 Å². The highest BCUT2D eigenvalue weighted by Gasteiger charge is 2.25. The highest BCUT2D eigenvalue weighted by molar-refractivity contribution is 4.71. The van der Waals surface area contributed by atoms with Gasteiger partial charge in [0.05, 0.1) is 19.3 Å². The minimum absolute atomic E-state index is 0.445. The number of epoxide rings is 1. The van der Waals surface area contributed by atoms with Crippen LogP contribution in [-0.4, -0.2) is 25.4 Å². The van der Waals surface area contributed by atoms with E-state index in [1.807, 2.05) is 0 Å². The first-order valence-electron chi connectivity index (χ1n) is 4.68. The second kappa shape index (κ2) is 5.33. The molecule has 0 spiro atoms. The van der Waals surface area contributed by atoms with Gasteiger partial charge in [0.1, 0.15) is 6.10 Å². The summed E-state index contributed by atoms with van der Waals surface area (Å²) in [5, 5.41) is 0. The Bertz CT molecular complexity index is 115. The lowest BCUT2D eigenvalue weighted by molar-refractivity contribution is 0.0475. The van der Waals surface area contributed by atoms with Gasteiger partial charge in [0.15, 0.2) is 0 Å². The van der Waals surface area contributed by atoms with Crippen LogP contribution in [0.4, 0.5) is 0 Å². The summed E-state index contributed by atoms with van der Waals surface area (Å²) in [4.78, 5) is 0. The van der Waals surface area contributed by atoms with Gasteiger partial charge in [0.2, 0.25) is 0 Å². The van der Waals surface area contributed by atoms with E-state index >= 15 is 0 Å². The molecule has 0 N–H and O–H groups in total. The van der Waals surface area contributed by atoms with Crippen molar-refractivity contribution in [3.8, 4) is 0 Å². The fraction of sp³-hybridized carbons (Fsp3) is 0.800. The van der Waals surface area contributed by atoms with E-state index in [-0.39, 0.29) is 0 Å². The molecule has 0 bridgehead atoms. The van der Waals surface area contributed by atoms with E-state index < -0.39 is 0 Å². The minimum Gasteiger partial charge on any atom is -0.375 e. The molecule has 1 heterocycles. The van der Waals surface area contributed by atoms with E-state index in [2.05, 4.69) is 13.2 Å². The summed E-state index contributed by atoms with van der Waals surface area (Å²) in [6.45, 7) is 7.76. The molecule has 0 aromatic heterocycles. The van der Waals surface area contributed by atoms with Gasteiger partial charge in [0.25, 0.3) is 0 Å². The third kappa shape index (κ3) is 3.37. The summed E-state index contributed by atoms with van der Waals surface area (Å²) in [5.41, 5.74) is 0. The van der Waals surface area contributed by atoms with Crippen molar-refractivity contribution in [3.05, 3.63) is 13.2 Å². The van der Waals surface area contributed by atoms with Crippen LogP contribution < -0.4 is 0 Å². The average Bonchev–Trinajstić information content (AvgIpc) is 2.82. The molecule has 2 nitrogen and oxygen atoms in total. The zero-order valence-electron chi connectivity index (χ0n) is 7.63. The van der Waals surface area contributed by atoms with Crippen LogP contribution in [0.5, 0.6) is 0 Å². The van der Waals surface area contributed by atoms with E-state index in [1.54, 1.807) is 0 Å². The third-order valence-corrected chi connectivity index (χ3v) is 2.22. The van der Waals surface area contributed by atoms with Crippen molar-refractivity contribution in [3.63, 3.8) is 0 Å². The Labute approximate surface area is 74.6 Å². The SMILES string of the molecule is C1CCC(OCC2CO2)C1.C=C. The number of ether oxygens (including phenoxy) is 2. The zero-order valence-corrected chi connectivity index (χ0v) is 7.63.